The molecule has 0 spiro atoms. The van der Waals surface area contributed by atoms with Gasteiger partial charge in [-0.25, -0.2) is 0 Å². The van der Waals surface area contributed by atoms with E-state index in [1.807, 2.05) is 12.1 Å². The van der Waals surface area contributed by atoms with Gasteiger partial charge in [0.25, 0.3) is 0 Å². The van der Waals surface area contributed by atoms with E-state index in [0.29, 0.717) is 5.92 Å². The van der Waals surface area contributed by atoms with Gasteiger partial charge in [-0.05, 0) is 36.1 Å². The van der Waals surface area contributed by atoms with E-state index in [0.717, 1.165) is 37.6 Å². The molecule has 3 nitrogen and oxygen atoms in total. The summed E-state index contributed by atoms with van der Waals surface area (Å²) in [5, 5.41) is 6.96. The second kappa shape index (κ2) is 9.09. The van der Waals surface area contributed by atoms with Gasteiger partial charge < -0.3 is 15.4 Å². The number of para-hydroxylation sites is 1. The summed E-state index contributed by atoms with van der Waals surface area (Å²) in [5.41, 5.74) is 3.68. The first kappa shape index (κ1) is 17.2. The van der Waals surface area contributed by atoms with Gasteiger partial charge >= 0.3 is 0 Å². The zero-order chi connectivity index (χ0) is 16.5. The minimum absolute atomic E-state index is 0.527. The van der Waals surface area contributed by atoms with Crippen molar-refractivity contribution in [3.63, 3.8) is 0 Å². The first-order valence-electron chi connectivity index (χ1n) is 8.50. The van der Waals surface area contributed by atoms with Crippen LogP contribution in [0.2, 0.25) is 0 Å². The number of ether oxygens (including phenoxy) is 1. The minimum atomic E-state index is 0.527. The van der Waals surface area contributed by atoms with Crippen LogP contribution in [-0.2, 0) is 0 Å². The smallest absolute Gasteiger partial charge is 0.121 e. The molecule has 2 N–H and O–H groups in total. The van der Waals surface area contributed by atoms with Crippen molar-refractivity contribution < 1.29 is 4.74 Å². The van der Waals surface area contributed by atoms with Crippen LogP contribution in [0, 0.1) is 0 Å². The summed E-state index contributed by atoms with van der Waals surface area (Å²) in [5.74, 6) is 1.45. The standard InChI is InChI=1S/C20H28N2O/c1-4-14-23-18-9-7-8-17(15-18)21-12-13-22-20-11-6-5-10-19(20)16(2)3/h5-11,15-16,21-22H,4,12-14H2,1-3H3. The fourth-order valence-electron chi connectivity index (χ4n) is 2.48. The van der Waals surface area contributed by atoms with Crippen LogP contribution in [0.1, 0.15) is 38.7 Å². The molecule has 0 aliphatic heterocycles. The maximum Gasteiger partial charge on any atom is 0.121 e. The number of rotatable bonds is 9. The fourth-order valence-corrected chi connectivity index (χ4v) is 2.48. The van der Waals surface area contributed by atoms with Crippen molar-refractivity contribution in [3.8, 4) is 5.75 Å². The Kier molecular flexibility index (Phi) is 6.79. The molecule has 0 heterocycles. The molecular formula is C20H28N2O. The molecule has 0 saturated carbocycles. The van der Waals surface area contributed by atoms with Gasteiger partial charge in [0.05, 0.1) is 6.61 Å². The SMILES string of the molecule is CCCOc1cccc(NCCNc2ccccc2C(C)C)c1. The number of nitrogens with one attached hydrogen (secondary N) is 2. The van der Waals surface area contributed by atoms with Crippen LogP contribution in [0.5, 0.6) is 5.75 Å². The average Bonchev–Trinajstić information content (AvgIpc) is 2.57. The Bertz CT molecular complexity index is 596. The van der Waals surface area contributed by atoms with E-state index in [4.69, 9.17) is 4.74 Å². The average molecular weight is 312 g/mol. The molecule has 0 aliphatic rings. The van der Waals surface area contributed by atoms with Crippen molar-refractivity contribution >= 4 is 11.4 Å². The highest BCUT2D eigenvalue weighted by molar-refractivity contribution is 5.53. The Morgan fingerprint density at radius 1 is 0.957 bits per heavy atom. The Balaban J connectivity index is 1.82. The maximum absolute atomic E-state index is 5.66. The lowest BCUT2D eigenvalue weighted by atomic mass is 10.0. The normalized spacial score (nSPS) is 10.6. The number of benzene rings is 2. The Hall–Kier alpha value is -2.16. The highest BCUT2D eigenvalue weighted by atomic mass is 16.5. The van der Waals surface area contributed by atoms with E-state index in [2.05, 4.69) is 67.8 Å². The fraction of sp³-hybridized carbons (Fsp3) is 0.400. The highest BCUT2D eigenvalue weighted by Gasteiger charge is 2.04. The molecule has 0 radical (unpaired) electrons. The van der Waals surface area contributed by atoms with Crippen LogP contribution in [-0.4, -0.2) is 19.7 Å². The lowest BCUT2D eigenvalue weighted by Gasteiger charge is -2.15. The zero-order valence-corrected chi connectivity index (χ0v) is 14.4. The van der Waals surface area contributed by atoms with Crippen LogP contribution in [0.3, 0.4) is 0 Å². The molecule has 3 heteroatoms. The van der Waals surface area contributed by atoms with E-state index < -0.39 is 0 Å². The first-order valence-corrected chi connectivity index (χ1v) is 8.50. The van der Waals surface area contributed by atoms with Gasteiger partial charge in [0.1, 0.15) is 5.75 Å². The van der Waals surface area contributed by atoms with Gasteiger partial charge in [-0.1, -0.05) is 45.0 Å². The molecule has 124 valence electrons. The quantitative estimate of drug-likeness (QED) is 0.630. The van der Waals surface area contributed by atoms with Gasteiger partial charge in [0.2, 0.25) is 0 Å². The summed E-state index contributed by atoms with van der Waals surface area (Å²) < 4.78 is 5.66. The molecule has 0 unspecified atom stereocenters. The third kappa shape index (κ3) is 5.51. The van der Waals surface area contributed by atoms with Crippen molar-refractivity contribution in [3.05, 3.63) is 54.1 Å². The lowest BCUT2D eigenvalue weighted by Crippen LogP contribution is -2.14. The predicted octanol–water partition coefficient (Wildman–Crippen LogP) is 5.12. The summed E-state index contributed by atoms with van der Waals surface area (Å²) in [6.45, 7) is 9.06. The third-order valence-corrected chi connectivity index (χ3v) is 3.66. The van der Waals surface area contributed by atoms with E-state index >= 15 is 0 Å². The van der Waals surface area contributed by atoms with Crippen LogP contribution >= 0.6 is 0 Å². The van der Waals surface area contributed by atoms with Gasteiger partial charge in [0, 0.05) is 30.5 Å². The van der Waals surface area contributed by atoms with Crippen molar-refractivity contribution in [2.24, 2.45) is 0 Å². The van der Waals surface area contributed by atoms with Crippen molar-refractivity contribution in [2.75, 3.05) is 30.3 Å². The maximum atomic E-state index is 5.66. The molecule has 0 fully saturated rings. The second-order valence-electron chi connectivity index (χ2n) is 5.97. The molecule has 0 amide bonds. The third-order valence-electron chi connectivity index (χ3n) is 3.66. The molecule has 2 aromatic carbocycles. The van der Waals surface area contributed by atoms with E-state index in [9.17, 15) is 0 Å². The predicted molar refractivity (Wildman–Crippen MR) is 99.7 cm³/mol. The molecule has 0 atom stereocenters. The molecule has 2 aromatic rings. The van der Waals surface area contributed by atoms with Crippen molar-refractivity contribution in [1.29, 1.82) is 0 Å². The molecule has 0 bridgehead atoms. The summed E-state index contributed by atoms with van der Waals surface area (Å²) in [6.07, 6.45) is 1.02. The number of anilines is 2. The molecule has 23 heavy (non-hydrogen) atoms. The monoisotopic (exact) mass is 312 g/mol. The topological polar surface area (TPSA) is 33.3 Å². The van der Waals surface area contributed by atoms with Gasteiger partial charge in [0.15, 0.2) is 0 Å². The number of hydrogen-bond acceptors (Lipinski definition) is 3. The van der Waals surface area contributed by atoms with Crippen LogP contribution < -0.4 is 15.4 Å². The molecule has 2 rings (SSSR count). The summed E-state index contributed by atoms with van der Waals surface area (Å²) in [4.78, 5) is 0. The molecule has 0 aliphatic carbocycles. The summed E-state index contributed by atoms with van der Waals surface area (Å²) >= 11 is 0. The Morgan fingerprint density at radius 3 is 2.52 bits per heavy atom. The van der Waals surface area contributed by atoms with Crippen molar-refractivity contribution in [2.45, 2.75) is 33.1 Å². The minimum Gasteiger partial charge on any atom is -0.494 e. The van der Waals surface area contributed by atoms with Gasteiger partial charge in [-0.2, -0.15) is 0 Å². The highest BCUT2D eigenvalue weighted by Crippen LogP contribution is 2.23. The van der Waals surface area contributed by atoms with E-state index in [1.165, 1.54) is 11.3 Å². The van der Waals surface area contributed by atoms with Gasteiger partial charge in [-0.3, -0.25) is 0 Å². The zero-order valence-electron chi connectivity index (χ0n) is 14.4. The van der Waals surface area contributed by atoms with E-state index in [1.54, 1.807) is 0 Å². The van der Waals surface area contributed by atoms with E-state index in [-0.39, 0.29) is 0 Å². The van der Waals surface area contributed by atoms with Crippen molar-refractivity contribution in [1.82, 2.24) is 0 Å². The Morgan fingerprint density at radius 2 is 1.74 bits per heavy atom. The second-order valence-corrected chi connectivity index (χ2v) is 5.97. The molecule has 0 aromatic heterocycles. The van der Waals surface area contributed by atoms with Crippen LogP contribution in [0.15, 0.2) is 48.5 Å². The first-order chi connectivity index (χ1) is 11.2. The Labute approximate surface area is 140 Å². The lowest BCUT2D eigenvalue weighted by molar-refractivity contribution is 0.317. The summed E-state index contributed by atoms with van der Waals surface area (Å²) in [7, 11) is 0. The largest absolute Gasteiger partial charge is 0.494 e. The number of hydrogen-bond donors (Lipinski definition) is 2. The van der Waals surface area contributed by atoms with Crippen LogP contribution in [0.4, 0.5) is 11.4 Å². The molecule has 0 saturated heterocycles. The van der Waals surface area contributed by atoms with Crippen LogP contribution in [0.25, 0.3) is 0 Å². The summed E-state index contributed by atoms with van der Waals surface area (Å²) in [6, 6.07) is 16.7. The molecular weight excluding hydrogens is 284 g/mol. The van der Waals surface area contributed by atoms with Gasteiger partial charge in [-0.15, -0.1) is 0 Å².